The first-order chi connectivity index (χ1) is 37.5. The van der Waals surface area contributed by atoms with E-state index in [4.69, 9.17) is 14.2 Å². The van der Waals surface area contributed by atoms with Crippen LogP contribution in [0.1, 0.15) is 271 Å². The zero-order valence-electron chi connectivity index (χ0n) is 49.2. The molecular formula is C70H114O6. The van der Waals surface area contributed by atoms with Crippen LogP contribution in [0.4, 0.5) is 0 Å². The van der Waals surface area contributed by atoms with Gasteiger partial charge in [-0.15, -0.1) is 0 Å². The van der Waals surface area contributed by atoms with Crippen molar-refractivity contribution in [2.24, 2.45) is 0 Å². The molecule has 0 saturated heterocycles. The number of rotatable bonds is 55. The van der Waals surface area contributed by atoms with Crippen molar-refractivity contribution in [2.75, 3.05) is 13.2 Å². The molecule has 6 heteroatoms. The maximum atomic E-state index is 12.8. The molecule has 0 radical (unpaired) electrons. The lowest BCUT2D eigenvalue weighted by atomic mass is 10.1. The molecule has 0 amide bonds. The van der Waals surface area contributed by atoms with Crippen LogP contribution in [0.2, 0.25) is 0 Å². The topological polar surface area (TPSA) is 78.9 Å². The van der Waals surface area contributed by atoms with Crippen molar-refractivity contribution in [2.45, 2.75) is 277 Å². The van der Waals surface area contributed by atoms with E-state index >= 15 is 0 Å². The molecule has 430 valence electrons. The molecular weight excluding hydrogens is 937 g/mol. The summed E-state index contributed by atoms with van der Waals surface area (Å²) in [6, 6.07) is 0. The number of allylic oxidation sites excluding steroid dienone is 22. The fraction of sp³-hybridized carbons (Fsp3) is 0.643. The van der Waals surface area contributed by atoms with Crippen molar-refractivity contribution in [1.29, 1.82) is 0 Å². The van der Waals surface area contributed by atoms with E-state index in [1.807, 2.05) is 0 Å². The third-order valence-electron chi connectivity index (χ3n) is 12.9. The summed E-state index contributed by atoms with van der Waals surface area (Å²) in [5, 5.41) is 0. The lowest BCUT2D eigenvalue weighted by Gasteiger charge is -2.18. The molecule has 0 rings (SSSR count). The smallest absolute Gasteiger partial charge is 0.306 e. The fourth-order valence-corrected chi connectivity index (χ4v) is 8.30. The minimum Gasteiger partial charge on any atom is -0.462 e. The van der Waals surface area contributed by atoms with Gasteiger partial charge in [-0.3, -0.25) is 14.4 Å². The van der Waals surface area contributed by atoms with Crippen LogP contribution in [0.5, 0.6) is 0 Å². The van der Waals surface area contributed by atoms with Crippen LogP contribution in [0, 0.1) is 0 Å². The predicted molar refractivity (Wildman–Crippen MR) is 329 cm³/mol. The van der Waals surface area contributed by atoms with E-state index in [0.717, 1.165) is 154 Å². The second-order valence-electron chi connectivity index (χ2n) is 20.2. The summed E-state index contributed by atoms with van der Waals surface area (Å²) in [6.45, 7) is 6.36. The van der Waals surface area contributed by atoms with Gasteiger partial charge in [0.25, 0.3) is 0 Å². The Balaban J connectivity index is 4.13. The molecule has 0 N–H and O–H groups in total. The molecule has 0 saturated carbocycles. The number of carbonyl (C=O) groups excluding carboxylic acids is 3. The SMILES string of the molecule is CC/C=C\C/C=C\C/C=C\C/C=C\C/C=C\C/C=C\C/C=C\C/C=C\CCCCCCCCCCCCC(=O)OCC(COC(=O)CCCCCCCCCC)OC(=O)CCCCCCC/C=C\C/C=C\C/C=C\CC. The van der Waals surface area contributed by atoms with E-state index < -0.39 is 6.10 Å². The minimum absolute atomic E-state index is 0.0870. The standard InChI is InChI=1S/C70H114O6/c1-4-7-10-13-16-19-21-23-25-26-27-28-29-30-31-32-33-34-35-36-37-38-39-40-41-42-43-44-46-47-49-51-54-57-60-63-69(72)75-66-67(65-74-68(71)62-59-56-53-18-15-12-9-6-3)76-70(73)64-61-58-55-52-50-48-45-24-22-20-17-14-11-8-5-2/h7-8,10-11,16-17,19-20,23-25,27-28,30-31,33-34,36-37,39-40,45,67H,4-6,9,12-15,18,21-22,26,29,32,35,38,41-44,46-66H2,1-3H3/b10-7-,11-8-,19-16-,20-17-,25-23-,28-27-,31-30-,34-33-,37-36-,40-39-,45-24-. The normalized spacial score (nSPS) is 13.0. The Labute approximate surface area is 468 Å². The maximum Gasteiger partial charge on any atom is 0.306 e. The Morgan fingerprint density at radius 1 is 0.276 bits per heavy atom. The molecule has 0 aliphatic rings. The number of hydrogen-bond donors (Lipinski definition) is 0. The van der Waals surface area contributed by atoms with Crippen LogP contribution < -0.4 is 0 Å². The quantitative estimate of drug-likeness (QED) is 0.0261. The van der Waals surface area contributed by atoms with E-state index in [2.05, 4.69) is 154 Å². The first kappa shape index (κ1) is 71.5. The van der Waals surface area contributed by atoms with E-state index in [9.17, 15) is 14.4 Å². The van der Waals surface area contributed by atoms with Gasteiger partial charge in [-0.1, -0.05) is 270 Å². The van der Waals surface area contributed by atoms with Crippen molar-refractivity contribution in [3.63, 3.8) is 0 Å². The zero-order valence-corrected chi connectivity index (χ0v) is 49.2. The molecule has 0 spiro atoms. The highest BCUT2D eigenvalue weighted by Gasteiger charge is 2.19. The molecule has 1 unspecified atom stereocenters. The summed E-state index contributed by atoms with van der Waals surface area (Å²) in [6.07, 6.45) is 89.1. The fourth-order valence-electron chi connectivity index (χ4n) is 8.30. The summed E-state index contributed by atoms with van der Waals surface area (Å²) in [4.78, 5) is 38.0. The summed E-state index contributed by atoms with van der Waals surface area (Å²) in [5.41, 5.74) is 0. The lowest BCUT2D eigenvalue weighted by Crippen LogP contribution is -2.30. The van der Waals surface area contributed by atoms with Gasteiger partial charge in [0.2, 0.25) is 0 Å². The van der Waals surface area contributed by atoms with Crippen molar-refractivity contribution >= 4 is 17.9 Å². The summed E-state index contributed by atoms with van der Waals surface area (Å²) >= 11 is 0. The highest BCUT2D eigenvalue weighted by Crippen LogP contribution is 2.15. The lowest BCUT2D eigenvalue weighted by molar-refractivity contribution is -0.167. The van der Waals surface area contributed by atoms with Gasteiger partial charge in [0, 0.05) is 19.3 Å². The number of hydrogen-bond acceptors (Lipinski definition) is 6. The van der Waals surface area contributed by atoms with Crippen molar-refractivity contribution in [1.82, 2.24) is 0 Å². The Morgan fingerprint density at radius 2 is 0.513 bits per heavy atom. The number of ether oxygens (including phenoxy) is 3. The average Bonchev–Trinajstić information content (AvgIpc) is 3.42. The van der Waals surface area contributed by atoms with Crippen LogP contribution in [0.15, 0.2) is 134 Å². The Kier molecular flexibility index (Phi) is 59.4. The monoisotopic (exact) mass is 1050 g/mol. The molecule has 1 atom stereocenters. The molecule has 0 heterocycles. The zero-order chi connectivity index (χ0) is 55.0. The highest BCUT2D eigenvalue weighted by atomic mass is 16.6. The van der Waals surface area contributed by atoms with Crippen LogP contribution >= 0.6 is 0 Å². The van der Waals surface area contributed by atoms with Gasteiger partial charge in [-0.25, -0.2) is 0 Å². The molecule has 0 aliphatic carbocycles. The van der Waals surface area contributed by atoms with Gasteiger partial charge in [0.05, 0.1) is 0 Å². The molecule has 0 bridgehead atoms. The molecule has 6 nitrogen and oxygen atoms in total. The summed E-state index contributed by atoms with van der Waals surface area (Å²) in [5.74, 6) is -0.914. The third-order valence-corrected chi connectivity index (χ3v) is 12.9. The van der Waals surface area contributed by atoms with Crippen LogP contribution in [-0.2, 0) is 28.6 Å². The summed E-state index contributed by atoms with van der Waals surface area (Å²) < 4.78 is 16.8. The second-order valence-corrected chi connectivity index (χ2v) is 20.2. The van der Waals surface area contributed by atoms with Gasteiger partial charge in [-0.2, -0.15) is 0 Å². The van der Waals surface area contributed by atoms with Crippen molar-refractivity contribution in [3.8, 4) is 0 Å². The highest BCUT2D eigenvalue weighted by molar-refractivity contribution is 5.71. The third kappa shape index (κ3) is 60.4. The molecule has 76 heavy (non-hydrogen) atoms. The van der Waals surface area contributed by atoms with E-state index in [0.29, 0.717) is 19.3 Å². The Hall–Kier alpha value is -4.45. The van der Waals surface area contributed by atoms with E-state index in [1.54, 1.807) is 0 Å². The molecule has 0 fully saturated rings. The minimum atomic E-state index is -0.789. The van der Waals surface area contributed by atoms with Crippen molar-refractivity contribution < 1.29 is 28.6 Å². The number of esters is 3. The maximum absolute atomic E-state index is 12.8. The molecule has 0 aromatic rings. The van der Waals surface area contributed by atoms with Crippen molar-refractivity contribution in [3.05, 3.63) is 134 Å². The van der Waals surface area contributed by atoms with Crippen LogP contribution in [0.3, 0.4) is 0 Å². The predicted octanol–water partition coefficient (Wildman–Crippen LogP) is 21.4. The second kappa shape index (κ2) is 63.1. The first-order valence-corrected chi connectivity index (χ1v) is 31.2. The number of unbranched alkanes of at least 4 members (excludes halogenated alkanes) is 22. The first-order valence-electron chi connectivity index (χ1n) is 31.2. The van der Waals surface area contributed by atoms with E-state index in [1.165, 1.54) is 77.0 Å². The van der Waals surface area contributed by atoms with E-state index in [-0.39, 0.29) is 31.1 Å². The summed E-state index contributed by atoms with van der Waals surface area (Å²) in [7, 11) is 0. The van der Waals surface area contributed by atoms with Gasteiger partial charge in [0.15, 0.2) is 6.10 Å². The van der Waals surface area contributed by atoms with Gasteiger partial charge >= 0.3 is 17.9 Å². The van der Waals surface area contributed by atoms with Gasteiger partial charge < -0.3 is 14.2 Å². The van der Waals surface area contributed by atoms with Crippen LogP contribution in [-0.4, -0.2) is 37.2 Å². The Morgan fingerprint density at radius 3 is 0.803 bits per heavy atom. The van der Waals surface area contributed by atoms with Gasteiger partial charge in [0.1, 0.15) is 13.2 Å². The average molecular weight is 1050 g/mol. The molecule has 0 aromatic heterocycles. The molecule has 0 aliphatic heterocycles. The largest absolute Gasteiger partial charge is 0.462 e. The van der Waals surface area contributed by atoms with Crippen LogP contribution in [0.25, 0.3) is 0 Å². The number of carbonyl (C=O) groups is 3. The van der Waals surface area contributed by atoms with Gasteiger partial charge in [-0.05, 0) is 116 Å². The Bertz CT molecular complexity index is 1630. The molecule has 0 aromatic carbocycles.